The van der Waals surface area contributed by atoms with Gasteiger partial charge in [0.1, 0.15) is 5.76 Å². The molecule has 2 heterocycles. The Labute approximate surface area is 119 Å². The summed E-state index contributed by atoms with van der Waals surface area (Å²) in [5, 5.41) is 5.45. The smallest absolute Gasteiger partial charge is 0.122 e. The monoisotopic (exact) mass is 278 g/mol. The maximum atomic E-state index is 5.56. The normalized spacial score (nSPS) is 11.3. The van der Waals surface area contributed by atoms with Crippen LogP contribution in [0.2, 0.25) is 0 Å². The van der Waals surface area contributed by atoms with Gasteiger partial charge in [0.2, 0.25) is 0 Å². The van der Waals surface area contributed by atoms with E-state index in [-0.39, 0.29) is 0 Å². The van der Waals surface area contributed by atoms with E-state index in [4.69, 9.17) is 4.42 Å². The van der Waals surface area contributed by atoms with Crippen LogP contribution in [0.4, 0.5) is 0 Å². The summed E-state index contributed by atoms with van der Waals surface area (Å²) in [5.74, 6) is 1.06. The van der Waals surface area contributed by atoms with E-state index in [1.165, 1.54) is 10.4 Å². The highest BCUT2D eigenvalue weighted by Gasteiger charge is 2.11. The summed E-state index contributed by atoms with van der Waals surface area (Å²) in [6.07, 6.45) is 1.79. The molecule has 3 nitrogen and oxygen atoms in total. The van der Waals surface area contributed by atoms with Crippen molar-refractivity contribution in [2.24, 2.45) is 0 Å². The van der Waals surface area contributed by atoms with Crippen molar-refractivity contribution >= 4 is 11.3 Å². The largest absolute Gasteiger partial charge is 0.468 e. The molecule has 0 spiro atoms. The molecule has 0 saturated heterocycles. The fourth-order valence-corrected chi connectivity index (χ4v) is 2.79. The standard InChI is InChI=1S/C15H22N2OS/c1-3-16-10-15-13(7-8-18-15)11-17(4-2)12-14-6-5-9-19-14/h5-9,16H,3-4,10-12H2,1-2H3. The number of nitrogens with zero attached hydrogens (tertiary/aromatic N) is 1. The van der Waals surface area contributed by atoms with Gasteiger partial charge in [0.25, 0.3) is 0 Å². The second-order valence-electron chi connectivity index (χ2n) is 4.53. The van der Waals surface area contributed by atoms with Crippen LogP contribution in [-0.4, -0.2) is 18.0 Å². The summed E-state index contributed by atoms with van der Waals surface area (Å²) in [7, 11) is 0. The zero-order valence-electron chi connectivity index (χ0n) is 11.7. The second kappa shape index (κ2) is 7.48. The Morgan fingerprint density at radius 1 is 1.26 bits per heavy atom. The van der Waals surface area contributed by atoms with Crippen LogP contribution in [0.25, 0.3) is 0 Å². The summed E-state index contributed by atoms with van der Waals surface area (Å²) in [4.78, 5) is 3.85. The van der Waals surface area contributed by atoms with Crippen molar-refractivity contribution in [1.82, 2.24) is 10.2 Å². The quantitative estimate of drug-likeness (QED) is 0.801. The van der Waals surface area contributed by atoms with Crippen molar-refractivity contribution in [3.05, 3.63) is 46.0 Å². The van der Waals surface area contributed by atoms with E-state index in [0.29, 0.717) is 0 Å². The molecule has 0 amide bonds. The van der Waals surface area contributed by atoms with Gasteiger partial charge in [-0.1, -0.05) is 19.9 Å². The zero-order chi connectivity index (χ0) is 13.5. The second-order valence-corrected chi connectivity index (χ2v) is 5.56. The molecule has 0 bridgehead atoms. The Bertz CT molecular complexity index is 464. The Kier molecular flexibility index (Phi) is 5.63. The molecule has 4 heteroatoms. The SMILES string of the molecule is CCNCc1occc1CN(CC)Cc1cccs1. The molecule has 0 saturated carbocycles. The molecule has 0 unspecified atom stereocenters. The molecule has 104 valence electrons. The van der Waals surface area contributed by atoms with E-state index in [0.717, 1.165) is 38.5 Å². The van der Waals surface area contributed by atoms with E-state index in [2.05, 4.69) is 47.6 Å². The third-order valence-electron chi connectivity index (χ3n) is 3.17. The van der Waals surface area contributed by atoms with Crippen molar-refractivity contribution in [3.63, 3.8) is 0 Å². The molecule has 2 aromatic rings. The van der Waals surface area contributed by atoms with E-state index in [1.54, 1.807) is 6.26 Å². The minimum absolute atomic E-state index is 0.815. The van der Waals surface area contributed by atoms with Gasteiger partial charge in [-0.25, -0.2) is 0 Å². The predicted octanol–water partition coefficient (Wildman–Crippen LogP) is 3.47. The number of hydrogen-bond donors (Lipinski definition) is 1. The molecule has 0 fully saturated rings. The summed E-state index contributed by atoms with van der Waals surface area (Å²) in [6, 6.07) is 6.40. The Hall–Kier alpha value is -1.10. The first-order valence-corrected chi connectivity index (χ1v) is 7.72. The molecule has 0 radical (unpaired) electrons. The van der Waals surface area contributed by atoms with Gasteiger partial charge >= 0.3 is 0 Å². The van der Waals surface area contributed by atoms with Gasteiger partial charge in [0.15, 0.2) is 0 Å². The fraction of sp³-hybridized carbons (Fsp3) is 0.467. The lowest BCUT2D eigenvalue weighted by atomic mass is 10.2. The topological polar surface area (TPSA) is 28.4 Å². The molecule has 0 aliphatic rings. The van der Waals surface area contributed by atoms with Gasteiger partial charge in [0, 0.05) is 23.5 Å². The lowest BCUT2D eigenvalue weighted by Gasteiger charge is -2.19. The fourth-order valence-electron chi connectivity index (χ4n) is 2.04. The average molecular weight is 278 g/mol. The van der Waals surface area contributed by atoms with Gasteiger partial charge in [-0.05, 0) is 30.6 Å². The lowest BCUT2D eigenvalue weighted by Crippen LogP contribution is -2.22. The van der Waals surface area contributed by atoms with Gasteiger partial charge < -0.3 is 9.73 Å². The summed E-state index contributed by atoms with van der Waals surface area (Å²) < 4.78 is 5.56. The molecule has 0 aliphatic carbocycles. The van der Waals surface area contributed by atoms with Crippen LogP contribution in [0.1, 0.15) is 30.0 Å². The Morgan fingerprint density at radius 2 is 2.16 bits per heavy atom. The Morgan fingerprint density at radius 3 is 2.84 bits per heavy atom. The molecule has 2 rings (SSSR count). The van der Waals surface area contributed by atoms with Gasteiger partial charge in [0.05, 0.1) is 12.8 Å². The predicted molar refractivity (Wildman–Crippen MR) is 80.2 cm³/mol. The van der Waals surface area contributed by atoms with Gasteiger partial charge in [-0.2, -0.15) is 0 Å². The first-order chi connectivity index (χ1) is 9.33. The number of rotatable bonds is 8. The number of hydrogen-bond acceptors (Lipinski definition) is 4. The van der Waals surface area contributed by atoms with Crippen molar-refractivity contribution < 1.29 is 4.42 Å². The van der Waals surface area contributed by atoms with Crippen LogP contribution < -0.4 is 5.32 Å². The molecule has 2 aromatic heterocycles. The van der Waals surface area contributed by atoms with Crippen molar-refractivity contribution in [2.45, 2.75) is 33.5 Å². The number of thiophene rings is 1. The molecule has 0 atom stereocenters. The average Bonchev–Trinajstić information content (AvgIpc) is 3.07. The van der Waals surface area contributed by atoms with Crippen LogP contribution in [0.15, 0.2) is 34.3 Å². The summed E-state index contributed by atoms with van der Waals surface area (Å²) in [6.45, 7) is 9.10. The molecule has 0 aliphatic heterocycles. The molecular formula is C15H22N2OS. The van der Waals surface area contributed by atoms with Crippen molar-refractivity contribution in [2.75, 3.05) is 13.1 Å². The van der Waals surface area contributed by atoms with Crippen LogP contribution in [0.5, 0.6) is 0 Å². The van der Waals surface area contributed by atoms with E-state index >= 15 is 0 Å². The minimum Gasteiger partial charge on any atom is -0.468 e. The van der Waals surface area contributed by atoms with Crippen LogP contribution in [0, 0.1) is 0 Å². The highest BCUT2D eigenvalue weighted by Crippen LogP contribution is 2.17. The van der Waals surface area contributed by atoms with Crippen LogP contribution >= 0.6 is 11.3 Å². The summed E-state index contributed by atoms with van der Waals surface area (Å²) >= 11 is 1.82. The first-order valence-electron chi connectivity index (χ1n) is 6.84. The van der Waals surface area contributed by atoms with Crippen molar-refractivity contribution in [1.29, 1.82) is 0 Å². The van der Waals surface area contributed by atoms with E-state index in [9.17, 15) is 0 Å². The first kappa shape index (κ1) is 14.3. The van der Waals surface area contributed by atoms with Crippen molar-refractivity contribution in [3.8, 4) is 0 Å². The zero-order valence-corrected chi connectivity index (χ0v) is 12.5. The lowest BCUT2D eigenvalue weighted by molar-refractivity contribution is 0.271. The highest BCUT2D eigenvalue weighted by molar-refractivity contribution is 7.09. The Balaban J connectivity index is 1.96. The molecule has 1 N–H and O–H groups in total. The third kappa shape index (κ3) is 4.20. The number of nitrogens with one attached hydrogen (secondary N) is 1. The number of furan rings is 1. The van der Waals surface area contributed by atoms with E-state index in [1.807, 2.05) is 11.3 Å². The van der Waals surface area contributed by atoms with Gasteiger partial charge in [-0.15, -0.1) is 11.3 Å². The minimum atomic E-state index is 0.815. The molecule has 0 aromatic carbocycles. The van der Waals surface area contributed by atoms with E-state index < -0.39 is 0 Å². The maximum Gasteiger partial charge on any atom is 0.122 e. The van der Waals surface area contributed by atoms with Crippen LogP contribution in [0.3, 0.4) is 0 Å². The van der Waals surface area contributed by atoms with Gasteiger partial charge in [-0.3, -0.25) is 4.90 Å². The van der Waals surface area contributed by atoms with Crippen LogP contribution in [-0.2, 0) is 19.6 Å². The third-order valence-corrected chi connectivity index (χ3v) is 4.04. The molecule has 19 heavy (non-hydrogen) atoms. The highest BCUT2D eigenvalue weighted by atomic mass is 32.1. The summed E-state index contributed by atoms with van der Waals surface area (Å²) in [5.41, 5.74) is 1.29. The maximum absolute atomic E-state index is 5.56. The molecular weight excluding hydrogens is 256 g/mol.